The molecule has 0 fully saturated rings. The molecule has 7 heteroatoms. The van der Waals surface area contributed by atoms with E-state index in [1.165, 1.54) is 16.4 Å². The van der Waals surface area contributed by atoms with Crippen molar-refractivity contribution in [1.29, 1.82) is 5.26 Å². The lowest BCUT2D eigenvalue weighted by Crippen LogP contribution is -1.97. The van der Waals surface area contributed by atoms with E-state index in [9.17, 15) is 5.11 Å². The second kappa shape index (κ2) is 5.16. The van der Waals surface area contributed by atoms with Crippen LogP contribution in [0.4, 0.5) is 0 Å². The molecule has 1 N–H and O–H groups in total. The number of hydrogen-bond donors (Lipinski definition) is 1. The van der Waals surface area contributed by atoms with E-state index >= 15 is 0 Å². The second-order valence-corrected chi connectivity index (χ2v) is 4.74. The summed E-state index contributed by atoms with van der Waals surface area (Å²) in [6.45, 7) is 1.68. The van der Waals surface area contributed by atoms with E-state index in [0.717, 1.165) is 10.5 Å². The summed E-state index contributed by atoms with van der Waals surface area (Å²) < 4.78 is 1.54. The molecule has 6 nitrogen and oxygen atoms in total. The number of nitrogens with zero attached hydrogens (tertiary/aromatic N) is 5. The topological polar surface area (TPSA) is 87.6 Å². The number of tetrazole rings is 1. The number of nitriles is 1. The monoisotopic (exact) mass is 261 g/mol. The van der Waals surface area contributed by atoms with E-state index in [0.29, 0.717) is 10.7 Å². The molecule has 0 radical (unpaired) electrons. The van der Waals surface area contributed by atoms with Gasteiger partial charge in [0.15, 0.2) is 0 Å². The number of aryl methyl sites for hydroxylation is 1. The van der Waals surface area contributed by atoms with E-state index in [2.05, 4.69) is 21.6 Å². The minimum Gasteiger partial charge on any atom is -0.389 e. The smallest absolute Gasteiger partial charge is 0.213 e. The number of rotatable bonds is 3. The minimum atomic E-state index is -0.610. The quantitative estimate of drug-likeness (QED) is 0.895. The zero-order valence-corrected chi connectivity index (χ0v) is 10.7. The summed E-state index contributed by atoms with van der Waals surface area (Å²) in [6.07, 6.45) is -0.610. The molecular weight excluding hydrogens is 250 g/mol. The highest BCUT2D eigenvalue weighted by atomic mass is 32.2. The Balaban J connectivity index is 2.42. The summed E-state index contributed by atoms with van der Waals surface area (Å²) in [4.78, 5) is 0.780. The molecule has 1 aromatic carbocycles. The summed E-state index contributed by atoms with van der Waals surface area (Å²) in [6, 6.07) is 7.22. The first-order chi connectivity index (χ1) is 8.61. The number of hydrogen-bond acceptors (Lipinski definition) is 6. The third-order valence-electron chi connectivity index (χ3n) is 2.38. The molecule has 0 aliphatic carbocycles. The summed E-state index contributed by atoms with van der Waals surface area (Å²) in [5, 5.41) is 30.4. The molecule has 1 aromatic heterocycles. The third kappa shape index (κ3) is 2.50. The van der Waals surface area contributed by atoms with Gasteiger partial charge >= 0.3 is 0 Å². The average molecular weight is 261 g/mol. The van der Waals surface area contributed by atoms with Crippen LogP contribution in [0.1, 0.15) is 24.2 Å². The Morgan fingerprint density at radius 3 is 2.83 bits per heavy atom. The maximum Gasteiger partial charge on any atom is 0.213 e. The fourth-order valence-electron chi connectivity index (χ4n) is 1.44. The zero-order chi connectivity index (χ0) is 13.1. The van der Waals surface area contributed by atoms with E-state index in [1.54, 1.807) is 32.2 Å². The molecule has 0 bridgehead atoms. The van der Waals surface area contributed by atoms with Crippen LogP contribution < -0.4 is 0 Å². The predicted molar refractivity (Wildman–Crippen MR) is 64.7 cm³/mol. The van der Waals surface area contributed by atoms with Gasteiger partial charge in [-0.1, -0.05) is 6.07 Å². The SMILES string of the molecule is CC(O)c1ccc(C#N)cc1Sc1nnnn1C. The highest BCUT2D eigenvalue weighted by Crippen LogP contribution is 2.32. The Labute approximate surface area is 108 Å². The molecule has 0 spiro atoms. The molecule has 2 aromatic rings. The lowest BCUT2D eigenvalue weighted by atomic mass is 10.1. The van der Waals surface area contributed by atoms with E-state index < -0.39 is 6.10 Å². The van der Waals surface area contributed by atoms with E-state index in [1.807, 2.05) is 0 Å². The van der Waals surface area contributed by atoms with Crippen molar-refractivity contribution in [2.24, 2.45) is 7.05 Å². The van der Waals surface area contributed by atoms with Crippen LogP contribution in [0.3, 0.4) is 0 Å². The van der Waals surface area contributed by atoms with Gasteiger partial charge in [0, 0.05) is 11.9 Å². The molecule has 92 valence electrons. The maximum absolute atomic E-state index is 9.71. The number of benzene rings is 1. The molecule has 1 unspecified atom stereocenters. The Morgan fingerprint density at radius 1 is 1.50 bits per heavy atom. The Morgan fingerprint density at radius 2 is 2.28 bits per heavy atom. The van der Waals surface area contributed by atoms with Crippen LogP contribution in [0.2, 0.25) is 0 Å². The van der Waals surface area contributed by atoms with E-state index in [4.69, 9.17) is 5.26 Å². The van der Waals surface area contributed by atoms with Crippen LogP contribution in [0.5, 0.6) is 0 Å². The predicted octanol–water partition coefficient (Wildman–Crippen LogP) is 1.29. The van der Waals surface area contributed by atoms with Crippen molar-refractivity contribution in [3.05, 3.63) is 29.3 Å². The van der Waals surface area contributed by atoms with Crippen LogP contribution in [0.25, 0.3) is 0 Å². The molecule has 0 aliphatic rings. The minimum absolute atomic E-state index is 0.539. The van der Waals surface area contributed by atoms with Crippen LogP contribution >= 0.6 is 11.8 Å². The first kappa shape index (κ1) is 12.5. The highest BCUT2D eigenvalue weighted by molar-refractivity contribution is 7.99. The summed E-state index contributed by atoms with van der Waals surface area (Å²) in [5.74, 6) is 0. The van der Waals surface area contributed by atoms with Gasteiger partial charge in [0.25, 0.3) is 0 Å². The highest BCUT2D eigenvalue weighted by Gasteiger charge is 2.13. The largest absolute Gasteiger partial charge is 0.389 e. The van der Waals surface area contributed by atoms with Gasteiger partial charge in [-0.15, -0.1) is 5.10 Å². The fourth-order valence-corrected chi connectivity index (χ4v) is 2.43. The van der Waals surface area contributed by atoms with Crippen molar-refractivity contribution in [3.63, 3.8) is 0 Å². The summed E-state index contributed by atoms with van der Waals surface area (Å²) in [5.41, 5.74) is 1.29. The van der Waals surface area contributed by atoms with Crippen LogP contribution in [0.15, 0.2) is 28.3 Å². The second-order valence-electron chi connectivity index (χ2n) is 3.73. The van der Waals surface area contributed by atoms with Crippen molar-refractivity contribution in [2.45, 2.75) is 23.1 Å². The molecular formula is C11H11N5OS. The van der Waals surface area contributed by atoms with Crippen molar-refractivity contribution >= 4 is 11.8 Å². The number of aromatic nitrogens is 4. The van der Waals surface area contributed by atoms with Gasteiger partial charge in [-0.3, -0.25) is 0 Å². The average Bonchev–Trinajstić information content (AvgIpc) is 2.74. The van der Waals surface area contributed by atoms with Gasteiger partial charge in [0.05, 0.1) is 17.7 Å². The maximum atomic E-state index is 9.71. The lowest BCUT2D eigenvalue weighted by Gasteiger charge is -2.10. The summed E-state index contributed by atoms with van der Waals surface area (Å²) in [7, 11) is 1.73. The fraction of sp³-hybridized carbons (Fsp3) is 0.273. The lowest BCUT2D eigenvalue weighted by molar-refractivity contribution is 0.196. The molecule has 0 saturated heterocycles. The van der Waals surface area contributed by atoms with Gasteiger partial charge in [-0.25, -0.2) is 4.68 Å². The molecule has 0 aliphatic heterocycles. The molecule has 2 rings (SSSR count). The molecule has 1 heterocycles. The Bertz CT molecular complexity index is 602. The Hall–Kier alpha value is -1.91. The number of aliphatic hydroxyl groups excluding tert-OH is 1. The number of aliphatic hydroxyl groups is 1. The van der Waals surface area contributed by atoms with Gasteiger partial charge in [-0.2, -0.15) is 5.26 Å². The molecule has 1 atom stereocenters. The van der Waals surface area contributed by atoms with Gasteiger partial charge in [0.1, 0.15) is 0 Å². The van der Waals surface area contributed by atoms with Crippen LogP contribution in [-0.4, -0.2) is 25.3 Å². The van der Waals surface area contributed by atoms with Crippen LogP contribution in [0, 0.1) is 11.3 Å². The van der Waals surface area contributed by atoms with Gasteiger partial charge in [-0.05, 0) is 46.8 Å². The normalized spacial score (nSPS) is 12.1. The third-order valence-corrected chi connectivity index (χ3v) is 3.48. The molecule has 0 amide bonds. The summed E-state index contributed by atoms with van der Waals surface area (Å²) >= 11 is 1.32. The van der Waals surface area contributed by atoms with Gasteiger partial charge < -0.3 is 5.11 Å². The Kier molecular flexibility index (Phi) is 3.60. The van der Waals surface area contributed by atoms with Crippen molar-refractivity contribution in [1.82, 2.24) is 20.2 Å². The van der Waals surface area contributed by atoms with E-state index in [-0.39, 0.29) is 0 Å². The van der Waals surface area contributed by atoms with Crippen molar-refractivity contribution < 1.29 is 5.11 Å². The van der Waals surface area contributed by atoms with Crippen molar-refractivity contribution in [2.75, 3.05) is 0 Å². The molecule has 0 saturated carbocycles. The van der Waals surface area contributed by atoms with Crippen LogP contribution in [-0.2, 0) is 7.05 Å². The first-order valence-corrected chi connectivity index (χ1v) is 6.06. The standard InChI is InChI=1S/C11H11N5OS/c1-7(17)9-4-3-8(6-12)5-10(9)18-11-13-14-15-16(11)2/h3-5,7,17H,1-2H3. The first-order valence-electron chi connectivity index (χ1n) is 5.24. The molecule has 18 heavy (non-hydrogen) atoms. The zero-order valence-electron chi connectivity index (χ0n) is 9.90. The van der Waals surface area contributed by atoms with Crippen molar-refractivity contribution in [3.8, 4) is 6.07 Å². The van der Waals surface area contributed by atoms with Gasteiger partial charge in [0.2, 0.25) is 5.16 Å².